The van der Waals surface area contributed by atoms with Crippen molar-refractivity contribution in [2.75, 3.05) is 19.6 Å². The molecular weight excluding hydrogens is 302 g/mol. The number of carbonyl (C=O) groups is 3. The Hall–Kier alpha value is -1.89. The minimum absolute atomic E-state index is 0.154. The Balaban J connectivity index is 1.73. The summed E-state index contributed by atoms with van der Waals surface area (Å²) in [6.07, 6.45) is 3.10. The number of thiophene rings is 1. The molecule has 1 unspecified atom stereocenters. The van der Waals surface area contributed by atoms with Gasteiger partial charge < -0.3 is 10.2 Å². The molecule has 0 spiro atoms. The molecule has 1 aromatic rings. The van der Waals surface area contributed by atoms with E-state index in [1.807, 2.05) is 17.5 Å². The highest BCUT2D eigenvalue weighted by Crippen LogP contribution is 2.31. The molecule has 2 fully saturated rings. The number of amides is 4. The number of hydrogen-bond acceptors (Lipinski definition) is 4. The van der Waals surface area contributed by atoms with Gasteiger partial charge in [0, 0.05) is 18.0 Å². The molecule has 7 heteroatoms. The second kappa shape index (κ2) is 5.72. The van der Waals surface area contributed by atoms with Crippen molar-refractivity contribution in [2.24, 2.45) is 0 Å². The Morgan fingerprint density at radius 2 is 2.05 bits per heavy atom. The molecule has 0 radical (unpaired) electrons. The van der Waals surface area contributed by atoms with Gasteiger partial charge in [0.05, 0.1) is 0 Å². The second-order valence-corrected chi connectivity index (χ2v) is 6.81. The molecule has 1 aromatic heterocycles. The van der Waals surface area contributed by atoms with Crippen LogP contribution in [0, 0.1) is 0 Å². The van der Waals surface area contributed by atoms with Crippen molar-refractivity contribution < 1.29 is 14.4 Å². The quantitative estimate of drug-likeness (QED) is 0.858. The Labute approximate surface area is 133 Å². The summed E-state index contributed by atoms with van der Waals surface area (Å²) in [7, 11) is 0. The van der Waals surface area contributed by atoms with Gasteiger partial charge in [0.2, 0.25) is 5.91 Å². The van der Waals surface area contributed by atoms with Crippen molar-refractivity contribution in [1.29, 1.82) is 0 Å². The van der Waals surface area contributed by atoms with E-state index in [4.69, 9.17) is 0 Å². The van der Waals surface area contributed by atoms with Gasteiger partial charge in [-0.05, 0) is 37.6 Å². The van der Waals surface area contributed by atoms with Crippen LogP contribution in [-0.2, 0) is 15.1 Å². The van der Waals surface area contributed by atoms with Crippen LogP contribution >= 0.6 is 11.3 Å². The van der Waals surface area contributed by atoms with Crippen LogP contribution in [0.25, 0.3) is 0 Å². The molecule has 1 atom stereocenters. The average molecular weight is 321 g/mol. The van der Waals surface area contributed by atoms with E-state index in [0.29, 0.717) is 13.1 Å². The summed E-state index contributed by atoms with van der Waals surface area (Å²) in [5.41, 5.74) is -1.06. The van der Waals surface area contributed by atoms with Crippen molar-refractivity contribution in [2.45, 2.75) is 31.7 Å². The summed E-state index contributed by atoms with van der Waals surface area (Å²) in [6.45, 7) is 2.94. The third kappa shape index (κ3) is 2.49. The van der Waals surface area contributed by atoms with Crippen LogP contribution in [-0.4, -0.2) is 47.3 Å². The molecule has 3 rings (SSSR count). The lowest BCUT2D eigenvalue weighted by Crippen LogP contribution is -2.45. The van der Waals surface area contributed by atoms with Crippen LogP contribution in [0.3, 0.4) is 0 Å². The highest BCUT2D eigenvalue weighted by molar-refractivity contribution is 7.10. The fraction of sp³-hybridized carbons (Fsp3) is 0.533. The SMILES string of the molecule is CC1(c2cccs2)NC(=O)N(CC(=O)N2CCCCC2)C1=O. The van der Waals surface area contributed by atoms with Gasteiger partial charge in [-0.15, -0.1) is 11.3 Å². The maximum Gasteiger partial charge on any atom is 0.325 e. The summed E-state index contributed by atoms with van der Waals surface area (Å²) in [6, 6.07) is 3.16. The predicted molar refractivity (Wildman–Crippen MR) is 82.3 cm³/mol. The van der Waals surface area contributed by atoms with Crippen molar-refractivity contribution in [3.05, 3.63) is 22.4 Å². The molecule has 2 saturated heterocycles. The average Bonchev–Trinajstić information content (AvgIpc) is 3.13. The van der Waals surface area contributed by atoms with Gasteiger partial charge in [-0.25, -0.2) is 4.79 Å². The Morgan fingerprint density at radius 3 is 2.68 bits per heavy atom. The summed E-state index contributed by atoms with van der Waals surface area (Å²) < 4.78 is 0. The minimum Gasteiger partial charge on any atom is -0.341 e. The molecule has 0 saturated carbocycles. The largest absolute Gasteiger partial charge is 0.341 e. The van der Waals surface area contributed by atoms with Gasteiger partial charge in [0.15, 0.2) is 5.54 Å². The number of nitrogens with one attached hydrogen (secondary N) is 1. The zero-order chi connectivity index (χ0) is 15.7. The molecule has 1 N–H and O–H groups in total. The lowest BCUT2D eigenvalue weighted by atomic mass is 10.0. The molecule has 0 aromatic carbocycles. The summed E-state index contributed by atoms with van der Waals surface area (Å²) in [4.78, 5) is 40.6. The molecule has 3 heterocycles. The fourth-order valence-electron chi connectivity index (χ4n) is 2.95. The number of imide groups is 1. The van der Waals surface area contributed by atoms with Crippen LogP contribution in [0.2, 0.25) is 0 Å². The second-order valence-electron chi connectivity index (χ2n) is 5.87. The van der Waals surface area contributed by atoms with Gasteiger partial charge in [-0.1, -0.05) is 6.07 Å². The van der Waals surface area contributed by atoms with E-state index in [9.17, 15) is 14.4 Å². The topological polar surface area (TPSA) is 69.7 Å². The Morgan fingerprint density at radius 1 is 1.32 bits per heavy atom. The monoisotopic (exact) mass is 321 g/mol. The fourth-order valence-corrected chi connectivity index (χ4v) is 3.78. The van der Waals surface area contributed by atoms with Crippen LogP contribution in [0.15, 0.2) is 17.5 Å². The number of carbonyl (C=O) groups excluding carboxylic acids is 3. The van der Waals surface area contributed by atoms with E-state index in [1.165, 1.54) is 11.3 Å². The number of piperidine rings is 1. The number of hydrogen-bond donors (Lipinski definition) is 1. The normalized spacial score (nSPS) is 25.5. The van der Waals surface area contributed by atoms with Gasteiger partial charge in [-0.3, -0.25) is 14.5 Å². The van der Waals surface area contributed by atoms with Crippen molar-refractivity contribution >= 4 is 29.2 Å². The molecule has 2 aliphatic rings. The molecule has 4 amide bonds. The first-order valence-electron chi connectivity index (χ1n) is 7.48. The van der Waals surface area contributed by atoms with E-state index in [1.54, 1.807) is 11.8 Å². The molecular formula is C15H19N3O3S. The molecule has 6 nitrogen and oxygen atoms in total. The number of urea groups is 1. The molecule has 118 valence electrons. The molecule has 0 aliphatic carbocycles. The molecule has 0 bridgehead atoms. The van der Waals surface area contributed by atoms with Gasteiger partial charge in [-0.2, -0.15) is 0 Å². The summed E-state index contributed by atoms with van der Waals surface area (Å²) in [5.74, 6) is -0.510. The smallest absolute Gasteiger partial charge is 0.325 e. The lowest BCUT2D eigenvalue weighted by Gasteiger charge is -2.28. The zero-order valence-electron chi connectivity index (χ0n) is 12.5. The number of rotatable bonds is 3. The van der Waals surface area contributed by atoms with E-state index in [2.05, 4.69) is 5.32 Å². The first kappa shape index (κ1) is 15.0. The number of likely N-dealkylation sites (tertiary alicyclic amines) is 1. The first-order valence-corrected chi connectivity index (χ1v) is 8.36. The van der Waals surface area contributed by atoms with Crippen LogP contribution in [0.4, 0.5) is 4.79 Å². The first-order chi connectivity index (χ1) is 10.5. The summed E-state index contributed by atoms with van der Waals surface area (Å²) in [5, 5.41) is 4.58. The van der Waals surface area contributed by atoms with Crippen LogP contribution < -0.4 is 5.32 Å². The summed E-state index contributed by atoms with van der Waals surface area (Å²) >= 11 is 1.42. The highest BCUT2D eigenvalue weighted by Gasteiger charge is 2.50. The molecule has 22 heavy (non-hydrogen) atoms. The van der Waals surface area contributed by atoms with Crippen molar-refractivity contribution in [3.8, 4) is 0 Å². The highest BCUT2D eigenvalue weighted by atomic mass is 32.1. The third-order valence-corrected chi connectivity index (χ3v) is 5.38. The van der Waals surface area contributed by atoms with E-state index < -0.39 is 11.6 Å². The van der Waals surface area contributed by atoms with Crippen molar-refractivity contribution in [3.63, 3.8) is 0 Å². The van der Waals surface area contributed by atoms with Crippen molar-refractivity contribution in [1.82, 2.24) is 15.1 Å². The maximum absolute atomic E-state index is 12.6. The van der Waals surface area contributed by atoms with E-state index in [-0.39, 0.29) is 18.4 Å². The van der Waals surface area contributed by atoms with Crippen LogP contribution in [0.5, 0.6) is 0 Å². The Bertz CT molecular complexity index is 595. The Kier molecular flexibility index (Phi) is 3.90. The van der Waals surface area contributed by atoms with E-state index in [0.717, 1.165) is 29.0 Å². The standard InChI is InChI=1S/C15H19N3O3S/c1-15(11-6-5-9-22-11)13(20)18(14(21)16-15)10-12(19)17-7-3-2-4-8-17/h5-6,9H,2-4,7-8,10H2,1H3,(H,16,21). The van der Waals surface area contributed by atoms with Crippen LogP contribution in [0.1, 0.15) is 31.1 Å². The van der Waals surface area contributed by atoms with Gasteiger partial charge >= 0.3 is 6.03 Å². The maximum atomic E-state index is 12.6. The predicted octanol–water partition coefficient (Wildman–Crippen LogP) is 1.53. The van der Waals surface area contributed by atoms with Gasteiger partial charge in [0.1, 0.15) is 6.54 Å². The minimum atomic E-state index is -1.06. The number of nitrogens with zero attached hydrogens (tertiary/aromatic N) is 2. The lowest BCUT2D eigenvalue weighted by molar-refractivity contribution is -0.139. The molecule has 2 aliphatic heterocycles. The zero-order valence-corrected chi connectivity index (χ0v) is 13.3. The third-order valence-electron chi connectivity index (χ3n) is 4.29. The van der Waals surface area contributed by atoms with Gasteiger partial charge in [0.25, 0.3) is 5.91 Å². The van der Waals surface area contributed by atoms with E-state index >= 15 is 0 Å².